The van der Waals surface area contributed by atoms with Crippen molar-refractivity contribution in [1.82, 2.24) is 9.80 Å². The second-order valence-corrected chi connectivity index (χ2v) is 5.96. The van der Waals surface area contributed by atoms with Crippen LogP contribution in [0.3, 0.4) is 0 Å². The molecule has 4 nitrogen and oxygen atoms in total. The lowest BCUT2D eigenvalue weighted by Crippen LogP contribution is -2.52. The molecule has 5 heteroatoms. The summed E-state index contributed by atoms with van der Waals surface area (Å²) in [5, 5.41) is 0. The van der Waals surface area contributed by atoms with Crippen LogP contribution < -0.4 is 0 Å². The Morgan fingerprint density at radius 2 is 1.65 bits per heavy atom. The quantitative estimate of drug-likeness (QED) is 0.792. The van der Waals surface area contributed by atoms with Crippen molar-refractivity contribution in [3.63, 3.8) is 0 Å². The molecule has 2 rings (SSSR count). The molecular formula is C15H19BrN2O2. The first-order valence-electron chi connectivity index (χ1n) is 6.90. The molecule has 0 bridgehead atoms. The fourth-order valence-corrected chi connectivity index (χ4v) is 2.56. The molecule has 1 fully saturated rings. The lowest BCUT2D eigenvalue weighted by Gasteiger charge is -2.35. The summed E-state index contributed by atoms with van der Waals surface area (Å²) in [4.78, 5) is 27.9. The number of alkyl halides is 1. The summed E-state index contributed by atoms with van der Waals surface area (Å²) in [6, 6.07) is 9.28. The van der Waals surface area contributed by atoms with Crippen molar-refractivity contribution in [2.75, 3.05) is 26.2 Å². The second kappa shape index (κ2) is 6.88. The third kappa shape index (κ3) is 3.39. The highest BCUT2D eigenvalue weighted by Gasteiger charge is 2.27. The Bertz CT molecular complexity index is 470. The summed E-state index contributed by atoms with van der Waals surface area (Å²) in [5.41, 5.74) is 0.708. The standard InChI is InChI=1S/C15H19BrN2O2/c1-2-13(16)15(20)18-10-8-17(9-11-18)14(19)12-6-4-3-5-7-12/h3-7,13H,2,8-11H2,1H3. The van der Waals surface area contributed by atoms with Crippen molar-refractivity contribution in [1.29, 1.82) is 0 Å². The number of halogens is 1. The monoisotopic (exact) mass is 338 g/mol. The summed E-state index contributed by atoms with van der Waals surface area (Å²) >= 11 is 3.39. The molecule has 0 aromatic heterocycles. The van der Waals surface area contributed by atoms with E-state index in [-0.39, 0.29) is 16.6 Å². The van der Waals surface area contributed by atoms with Crippen molar-refractivity contribution in [3.8, 4) is 0 Å². The van der Waals surface area contributed by atoms with Gasteiger partial charge in [0, 0.05) is 31.7 Å². The number of carbonyl (C=O) groups excluding carboxylic acids is 2. The molecule has 0 saturated carbocycles. The van der Waals surface area contributed by atoms with Crippen molar-refractivity contribution in [2.45, 2.75) is 18.2 Å². The third-order valence-electron chi connectivity index (χ3n) is 3.53. The molecule has 108 valence electrons. The SMILES string of the molecule is CCC(Br)C(=O)N1CCN(C(=O)c2ccccc2)CC1. The zero-order valence-electron chi connectivity index (χ0n) is 11.6. The van der Waals surface area contributed by atoms with Gasteiger partial charge in [-0.05, 0) is 18.6 Å². The predicted molar refractivity (Wildman–Crippen MR) is 81.9 cm³/mol. The van der Waals surface area contributed by atoms with Crippen LogP contribution in [0.2, 0.25) is 0 Å². The average molecular weight is 339 g/mol. The molecule has 0 N–H and O–H groups in total. The minimum absolute atomic E-state index is 0.0450. The lowest BCUT2D eigenvalue weighted by atomic mass is 10.2. The lowest BCUT2D eigenvalue weighted by molar-refractivity contribution is -0.131. The van der Waals surface area contributed by atoms with Gasteiger partial charge in [0.15, 0.2) is 0 Å². The summed E-state index contributed by atoms with van der Waals surface area (Å²) in [6.45, 7) is 4.40. The summed E-state index contributed by atoms with van der Waals surface area (Å²) in [6.07, 6.45) is 0.780. The highest BCUT2D eigenvalue weighted by molar-refractivity contribution is 9.10. The van der Waals surface area contributed by atoms with Gasteiger partial charge < -0.3 is 9.80 Å². The van der Waals surface area contributed by atoms with Crippen LogP contribution in [-0.4, -0.2) is 52.6 Å². The normalized spacial score (nSPS) is 16.9. The van der Waals surface area contributed by atoms with E-state index < -0.39 is 0 Å². The Hall–Kier alpha value is -1.36. The highest BCUT2D eigenvalue weighted by Crippen LogP contribution is 2.13. The number of nitrogens with zero attached hydrogens (tertiary/aromatic N) is 2. The van der Waals surface area contributed by atoms with Crippen LogP contribution in [0.1, 0.15) is 23.7 Å². The maximum atomic E-state index is 12.3. The molecule has 1 aliphatic heterocycles. The highest BCUT2D eigenvalue weighted by atomic mass is 79.9. The Morgan fingerprint density at radius 1 is 1.10 bits per heavy atom. The van der Waals surface area contributed by atoms with Gasteiger partial charge in [-0.2, -0.15) is 0 Å². The van der Waals surface area contributed by atoms with E-state index in [1.807, 2.05) is 47.1 Å². The molecule has 1 unspecified atom stereocenters. The first-order valence-corrected chi connectivity index (χ1v) is 7.82. The molecule has 1 saturated heterocycles. The zero-order chi connectivity index (χ0) is 14.5. The zero-order valence-corrected chi connectivity index (χ0v) is 13.2. The van der Waals surface area contributed by atoms with Crippen LogP contribution >= 0.6 is 15.9 Å². The van der Waals surface area contributed by atoms with E-state index in [1.165, 1.54) is 0 Å². The van der Waals surface area contributed by atoms with Crippen LogP contribution in [0.5, 0.6) is 0 Å². The van der Waals surface area contributed by atoms with Gasteiger partial charge in [0.2, 0.25) is 5.91 Å². The number of amides is 2. The second-order valence-electron chi connectivity index (χ2n) is 4.86. The molecular weight excluding hydrogens is 320 g/mol. The largest absolute Gasteiger partial charge is 0.338 e. The number of carbonyl (C=O) groups is 2. The number of hydrogen-bond acceptors (Lipinski definition) is 2. The molecule has 0 spiro atoms. The van der Waals surface area contributed by atoms with Crippen LogP contribution in [0, 0.1) is 0 Å². The molecule has 1 atom stereocenters. The van der Waals surface area contributed by atoms with Gasteiger partial charge in [0.25, 0.3) is 5.91 Å². The number of benzene rings is 1. The van der Waals surface area contributed by atoms with Gasteiger partial charge in [0.05, 0.1) is 4.83 Å². The molecule has 1 heterocycles. The molecule has 1 aliphatic rings. The Labute approximate surface area is 127 Å². The van der Waals surface area contributed by atoms with Crippen LogP contribution in [0.25, 0.3) is 0 Å². The molecule has 1 aromatic rings. The number of hydrogen-bond donors (Lipinski definition) is 0. The van der Waals surface area contributed by atoms with Crippen molar-refractivity contribution >= 4 is 27.7 Å². The first kappa shape index (κ1) is 15.0. The third-order valence-corrected chi connectivity index (χ3v) is 4.56. The van der Waals surface area contributed by atoms with Crippen LogP contribution in [0.15, 0.2) is 30.3 Å². The molecule has 0 aliphatic carbocycles. The van der Waals surface area contributed by atoms with E-state index in [1.54, 1.807) is 0 Å². The minimum atomic E-state index is -0.112. The molecule has 2 amide bonds. The van der Waals surface area contributed by atoms with E-state index in [2.05, 4.69) is 15.9 Å². The Kier molecular flexibility index (Phi) is 5.17. The average Bonchev–Trinajstić information content (AvgIpc) is 2.53. The van der Waals surface area contributed by atoms with Crippen molar-refractivity contribution < 1.29 is 9.59 Å². The van der Waals surface area contributed by atoms with Crippen molar-refractivity contribution in [3.05, 3.63) is 35.9 Å². The van der Waals surface area contributed by atoms with E-state index in [4.69, 9.17) is 0 Å². The summed E-state index contributed by atoms with van der Waals surface area (Å²) in [5.74, 6) is 0.169. The first-order chi connectivity index (χ1) is 9.63. The smallest absolute Gasteiger partial charge is 0.253 e. The Balaban J connectivity index is 1.92. The van der Waals surface area contributed by atoms with E-state index in [9.17, 15) is 9.59 Å². The van der Waals surface area contributed by atoms with Gasteiger partial charge in [-0.15, -0.1) is 0 Å². The molecule has 1 aromatic carbocycles. The topological polar surface area (TPSA) is 40.6 Å². The van der Waals surface area contributed by atoms with Crippen molar-refractivity contribution in [2.24, 2.45) is 0 Å². The van der Waals surface area contributed by atoms with Crippen LogP contribution in [-0.2, 0) is 4.79 Å². The van der Waals surface area contributed by atoms with Gasteiger partial charge in [-0.25, -0.2) is 0 Å². The van der Waals surface area contributed by atoms with Gasteiger partial charge in [-0.3, -0.25) is 9.59 Å². The van der Waals surface area contributed by atoms with Gasteiger partial charge in [-0.1, -0.05) is 41.1 Å². The summed E-state index contributed by atoms with van der Waals surface area (Å²) in [7, 11) is 0. The van der Waals surface area contributed by atoms with E-state index in [0.29, 0.717) is 31.7 Å². The maximum absolute atomic E-state index is 12.3. The van der Waals surface area contributed by atoms with Crippen LogP contribution in [0.4, 0.5) is 0 Å². The predicted octanol–water partition coefficient (Wildman–Crippen LogP) is 2.14. The van der Waals surface area contributed by atoms with E-state index in [0.717, 1.165) is 6.42 Å². The fourth-order valence-electron chi connectivity index (χ4n) is 2.27. The van der Waals surface area contributed by atoms with Gasteiger partial charge >= 0.3 is 0 Å². The van der Waals surface area contributed by atoms with Gasteiger partial charge in [0.1, 0.15) is 0 Å². The minimum Gasteiger partial charge on any atom is -0.338 e. The number of rotatable bonds is 3. The molecule has 0 radical (unpaired) electrons. The fraction of sp³-hybridized carbons (Fsp3) is 0.467. The Morgan fingerprint density at radius 3 is 2.20 bits per heavy atom. The summed E-state index contributed by atoms with van der Waals surface area (Å²) < 4.78 is 0. The molecule has 20 heavy (non-hydrogen) atoms. The number of piperazine rings is 1. The van der Waals surface area contributed by atoms with E-state index >= 15 is 0 Å². The maximum Gasteiger partial charge on any atom is 0.253 e.